The average molecular weight is 441 g/mol. The molecule has 0 aromatic heterocycles. The molecule has 0 aliphatic heterocycles. The lowest BCUT2D eigenvalue weighted by molar-refractivity contribution is 0.460. The van der Waals surface area contributed by atoms with E-state index in [-0.39, 0.29) is 21.7 Å². The van der Waals surface area contributed by atoms with Crippen LogP contribution >= 0.6 is 0 Å². The van der Waals surface area contributed by atoms with Crippen molar-refractivity contribution < 1.29 is 10.2 Å². The molecular weight excluding hydrogens is 392 g/mol. The predicted octanol–water partition coefficient (Wildman–Crippen LogP) is 8.59. The van der Waals surface area contributed by atoms with E-state index < -0.39 is 0 Å². The SMILES string of the molecule is Cc1c(O)ccc(C(C)(C)C)c1C(C)(C)C.Cc1c(O)ccc(C(C)(C)C)c1C(C)(C)C. The Balaban J connectivity index is 0.000000320. The van der Waals surface area contributed by atoms with Crippen LogP contribution in [0.15, 0.2) is 24.3 Å². The van der Waals surface area contributed by atoms with E-state index in [1.54, 1.807) is 0 Å². The van der Waals surface area contributed by atoms with E-state index in [0.717, 1.165) is 11.1 Å². The summed E-state index contributed by atoms with van der Waals surface area (Å²) >= 11 is 0. The molecule has 0 spiro atoms. The summed E-state index contributed by atoms with van der Waals surface area (Å²) in [6, 6.07) is 7.74. The van der Waals surface area contributed by atoms with Crippen molar-refractivity contribution in [3.05, 3.63) is 57.6 Å². The van der Waals surface area contributed by atoms with E-state index in [1.165, 1.54) is 22.3 Å². The van der Waals surface area contributed by atoms with Gasteiger partial charge < -0.3 is 10.2 Å². The van der Waals surface area contributed by atoms with Crippen LogP contribution in [-0.2, 0) is 21.7 Å². The molecule has 0 bridgehead atoms. The van der Waals surface area contributed by atoms with Crippen LogP contribution in [0.2, 0.25) is 0 Å². The number of hydrogen-bond acceptors (Lipinski definition) is 2. The Morgan fingerprint density at radius 3 is 0.875 bits per heavy atom. The summed E-state index contributed by atoms with van der Waals surface area (Å²) in [7, 11) is 0. The van der Waals surface area contributed by atoms with Gasteiger partial charge in [0.25, 0.3) is 0 Å². The zero-order valence-electron chi connectivity index (χ0n) is 23.2. The van der Waals surface area contributed by atoms with Gasteiger partial charge in [0, 0.05) is 0 Å². The highest BCUT2D eigenvalue weighted by Crippen LogP contribution is 2.40. The molecule has 0 fully saturated rings. The van der Waals surface area contributed by atoms with Crippen LogP contribution in [0.4, 0.5) is 0 Å². The summed E-state index contributed by atoms with van der Waals surface area (Å²) in [6.07, 6.45) is 0. The topological polar surface area (TPSA) is 40.5 Å². The first-order valence-electron chi connectivity index (χ1n) is 11.8. The second-order valence-corrected chi connectivity index (χ2v) is 13.3. The Bertz CT molecular complexity index is 858. The first-order chi connectivity index (χ1) is 14.1. The van der Waals surface area contributed by atoms with E-state index >= 15 is 0 Å². The van der Waals surface area contributed by atoms with E-state index in [9.17, 15) is 10.2 Å². The summed E-state index contributed by atoms with van der Waals surface area (Å²) < 4.78 is 0. The zero-order chi connectivity index (χ0) is 25.4. The van der Waals surface area contributed by atoms with Gasteiger partial charge in [-0.25, -0.2) is 0 Å². The van der Waals surface area contributed by atoms with E-state index in [1.807, 2.05) is 26.0 Å². The molecule has 2 N–H and O–H groups in total. The molecule has 2 rings (SSSR count). The van der Waals surface area contributed by atoms with Gasteiger partial charge in [0.05, 0.1) is 0 Å². The van der Waals surface area contributed by atoms with Crippen LogP contribution in [0.3, 0.4) is 0 Å². The Kier molecular flexibility index (Phi) is 8.00. The van der Waals surface area contributed by atoms with Crippen molar-refractivity contribution in [1.82, 2.24) is 0 Å². The third-order valence-corrected chi connectivity index (χ3v) is 5.99. The minimum Gasteiger partial charge on any atom is -0.508 e. The van der Waals surface area contributed by atoms with E-state index in [4.69, 9.17) is 0 Å². The van der Waals surface area contributed by atoms with Crippen molar-refractivity contribution in [3.63, 3.8) is 0 Å². The monoisotopic (exact) mass is 440 g/mol. The highest BCUT2D eigenvalue weighted by molar-refractivity contribution is 5.50. The third kappa shape index (κ3) is 6.53. The fourth-order valence-corrected chi connectivity index (χ4v) is 4.58. The maximum atomic E-state index is 9.85. The fourth-order valence-electron chi connectivity index (χ4n) is 4.58. The normalized spacial score (nSPS) is 12.9. The molecule has 0 amide bonds. The van der Waals surface area contributed by atoms with Gasteiger partial charge >= 0.3 is 0 Å². The lowest BCUT2D eigenvalue weighted by Gasteiger charge is -2.32. The minimum absolute atomic E-state index is 0.0609. The predicted molar refractivity (Wildman–Crippen MR) is 140 cm³/mol. The molecule has 2 heteroatoms. The van der Waals surface area contributed by atoms with E-state index in [0.29, 0.717) is 11.5 Å². The minimum atomic E-state index is 0.0609. The number of phenols is 2. The number of hydrogen-bond donors (Lipinski definition) is 2. The zero-order valence-corrected chi connectivity index (χ0v) is 23.2. The maximum absolute atomic E-state index is 9.85. The molecule has 2 nitrogen and oxygen atoms in total. The van der Waals surface area contributed by atoms with Gasteiger partial charge in [-0.3, -0.25) is 0 Å². The molecule has 0 radical (unpaired) electrons. The number of benzene rings is 2. The standard InChI is InChI=1S/2C15H24O/c2*1-10-12(16)9-8-11(14(2,3)4)13(10)15(5,6)7/h2*8-9,16H,1-7H3. The Morgan fingerprint density at radius 1 is 0.438 bits per heavy atom. The van der Waals surface area contributed by atoms with Crippen molar-refractivity contribution in [2.24, 2.45) is 0 Å². The van der Waals surface area contributed by atoms with Gasteiger partial charge in [-0.05, 0) is 81.0 Å². The summed E-state index contributed by atoms with van der Waals surface area (Å²) in [5, 5.41) is 19.7. The van der Waals surface area contributed by atoms with E-state index in [2.05, 4.69) is 95.2 Å². The van der Waals surface area contributed by atoms with Crippen LogP contribution in [0, 0.1) is 13.8 Å². The van der Waals surface area contributed by atoms with Gasteiger partial charge in [-0.2, -0.15) is 0 Å². The molecular formula is C30H48O2. The molecule has 0 unspecified atom stereocenters. The quantitative estimate of drug-likeness (QED) is 0.430. The summed E-state index contributed by atoms with van der Waals surface area (Å²) in [6.45, 7) is 30.5. The third-order valence-electron chi connectivity index (χ3n) is 5.99. The first kappa shape index (κ1) is 28.1. The van der Waals surface area contributed by atoms with Crippen LogP contribution in [0.1, 0.15) is 116 Å². The Labute approximate surface area is 198 Å². The first-order valence-corrected chi connectivity index (χ1v) is 11.8. The van der Waals surface area contributed by atoms with Crippen LogP contribution in [0.5, 0.6) is 11.5 Å². The molecule has 32 heavy (non-hydrogen) atoms. The van der Waals surface area contributed by atoms with Crippen LogP contribution in [-0.4, -0.2) is 10.2 Å². The van der Waals surface area contributed by atoms with Crippen LogP contribution < -0.4 is 0 Å². The van der Waals surface area contributed by atoms with Gasteiger partial charge in [-0.1, -0.05) is 95.2 Å². The Hall–Kier alpha value is -1.96. The largest absolute Gasteiger partial charge is 0.508 e. The smallest absolute Gasteiger partial charge is 0.118 e. The molecule has 0 heterocycles. The number of phenolic OH excluding ortho intramolecular Hbond substituents is 2. The molecule has 0 aliphatic carbocycles. The molecule has 0 atom stereocenters. The number of rotatable bonds is 0. The highest BCUT2D eigenvalue weighted by Gasteiger charge is 2.28. The molecule has 0 saturated carbocycles. The Morgan fingerprint density at radius 2 is 0.688 bits per heavy atom. The van der Waals surface area contributed by atoms with Crippen molar-refractivity contribution in [2.45, 2.75) is 119 Å². The fraction of sp³-hybridized carbons (Fsp3) is 0.600. The van der Waals surface area contributed by atoms with Gasteiger partial charge in [0.15, 0.2) is 0 Å². The molecule has 2 aromatic rings. The van der Waals surface area contributed by atoms with Crippen molar-refractivity contribution >= 4 is 0 Å². The summed E-state index contributed by atoms with van der Waals surface area (Å²) in [4.78, 5) is 0. The maximum Gasteiger partial charge on any atom is 0.118 e. The van der Waals surface area contributed by atoms with Gasteiger partial charge in [0.2, 0.25) is 0 Å². The second kappa shape index (κ2) is 9.12. The molecule has 0 saturated heterocycles. The molecule has 0 aliphatic rings. The van der Waals surface area contributed by atoms with Crippen LogP contribution in [0.25, 0.3) is 0 Å². The van der Waals surface area contributed by atoms with Crippen molar-refractivity contribution in [2.75, 3.05) is 0 Å². The lowest BCUT2D eigenvalue weighted by Crippen LogP contribution is -2.23. The lowest BCUT2D eigenvalue weighted by atomic mass is 9.73. The number of aromatic hydroxyl groups is 2. The van der Waals surface area contributed by atoms with Gasteiger partial charge in [0.1, 0.15) is 11.5 Å². The summed E-state index contributed by atoms with van der Waals surface area (Å²) in [5.74, 6) is 0.802. The van der Waals surface area contributed by atoms with Crippen molar-refractivity contribution in [1.29, 1.82) is 0 Å². The van der Waals surface area contributed by atoms with Crippen molar-refractivity contribution in [3.8, 4) is 11.5 Å². The molecule has 2 aromatic carbocycles. The van der Waals surface area contributed by atoms with Gasteiger partial charge in [-0.15, -0.1) is 0 Å². The summed E-state index contributed by atoms with van der Waals surface area (Å²) in [5.41, 5.74) is 7.59. The average Bonchev–Trinajstić information content (AvgIpc) is 2.55. The highest BCUT2D eigenvalue weighted by atomic mass is 16.3. The second-order valence-electron chi connectivity index (χ2n) is 13.3. The molecule has 180 valence electrons.